The Morgan fingerprint density at radius 2 is 1.85 bits per heavy atom. The van der Waals surface area contributed by atoms with Gasteiger partial charge in [0.25, 0.3) is 0 Å². The molecule has 39 heavy (non-hydrogen) atoms. The minimum Gasteiger partial charge on any atom is -0.508 e. The Labute approximate surface area is 230 Å². The van der Waals surface area contributed by atoms with Gasteiger partial charge in [0.05, 0.1) is 6.04 Å². The monoisotopic (exact) mass is 520 g/mol. The van der Waals surface area contributed by atoms with Crippen LogP contribution in [0.5, 0.6) is 11.5 Å². The highest BCUT2D eigenvalue weighted by Gasteiger charge is 2.66. The Morgan fingerprint density at radius 3 is 2.64 bits per heavy atom. The lowest BCUT2D eigenvalue weighted by atomic mass is 9.51. The highest BCUT2D eigenvalue weighted by molar-refractivity contribution is 5.92. The third kappa shape index (κ3) is 3.89. The fourth-order valence-corrected chi connectivity index (χ4v) is 8.21. The molecule has 1 amide bonds. The first kappa shape index (κ1) is 24.5. The zero-order valence-electron chi connectivity index (χ0n) is 22.5. The molecule has 5 atom stereocenters. The second-order valence-corrected chi connectivity index (χ2v) is 11.8. The minimum atomic E-state index is -0.157. The molecular formula is C34H36N2O3. The number of hydrogen-bond acceptors (Lipinski definition) is 4. The van der Waals surface area contributed by atoms with Gasteiger partial charge in [0.2, 0.25) is 5.91 Å². The van der Waals surface area contributed by atoms with E-state index in [0.29, 0.717) is 17.7 Å². The maximum Gasteiger partial charge on any atom is 0.246 e. The lowest BCUT2D eigenvalue weighted by molar-refractivity contribution is -0.135. The molecule has 7 rings (SSSR count). The molecule has 200 valence electrons. The van der Waals surface area contributed by atoms with Crippen molar-refractivity contribution in [1.29, 1.82) is 0 Å². The maximum absolute atomic E-state index is 13.4. The van der Waals surface area contributed by atoms with E-state index >= 15 is 0 Å². The lowest BCUT2D eigenvalue weighted by Crippen LogP contribution is -2.69. The molecule has 0 radical (unpaired) electrons. The Hall–Kier alpha value is -3.57. The van der Waals surface area contributed by atoms with Crippen LogP contribution in [0.4, 0.5) is 0 Å². The number of rotatable bonds is 6. The molecule has 2 fully saturated rings. The Morgan fingerprint density at radius 1 is 1.08 bits per heavy atom. The number of likely N-dealkylation sites (N-methyl/N-ethyl adjacent to an activating group) is 1. The number of ether oxygens (including phenoxy) is 1. The van der Waals surface area contributed by atoms with Gasteiger partial charge in [-0.1, -0.05) is 60.7 Å². The summed E-state index contributed by atoms with van der Waals surface area (Å²) >= 11 is 0. The molecule has 0 aromatic heterocycles. The molecular weight excluding hydrogens is 484 g/mol. The van der Waals surface area contributed by atoms with E-state index in [-0.39, 0.29) is 23.5 Å². The second kappa shape index (κ2) is 9.56. The van der Waals surface area contributed by atoms with Gasteiger partial charge < -0.3 is 14.7 Å². The van der Waals surface area contributed by atoms with Gasteiger partial charge in [-0.05, 0) is 73.9 Å². The van der Waals surface area contributed by atoms with Crippen LogP contribution in [0.2, 0.25) is 0 Å². The molecule has 1 saturated carbocycles. The number of piperidine rings is 1. The van der Waals surface area contributed by atoms with Crippen LogP contribution in [0, 0.1) is 5.92 Å². The molecule has 2 aliphatic carbocycles. The van der Waals surface area contributed by atoms with Gasteiger partial charge in [0.15, 0.2) is 0 Å². The highest BCUT2D eigenvalue weighted by atomic mass is 16.5. The summed E-state index contributed by atoms with van der Waals surface area (Å²) in [7, 11) is 1.93. The van der Waals surface area contributed by atoms with E-state index in [2.05, 4.69) is 35.2 Å². The highest BCUT2D eigenvalue weighted by Crippen LogP contribution is 2.63. The molecule has 1 saturated heterocycles. The van der Waals surface area contributed by atoms with Crippen molar-refractivity contribution in [2.75, 3.05) is 20.1 Å². The van der Waals surface area contributed by atoms with Gasteiger partial charge in [0.1, 0.15) is 17.6 Å². The maximum atomic E-state index is 13.4. The number of hydrogen-bond donors (Lipinski definition) is 1. The number of carbonyl (C=O) groups is 1. The van der Waals surface area contributed by atoms with Crippen LogP contribution >= 0.6 is 0 Å². The van der Waals surface area contributed by atoms with E-state index in [1.54, 1.807) is 12.1 Å². The first-order valence-corrected chi connectivity index (χ1v) is 14.4. The van der Waals surface area contributed by atoms with Crippen LogP contribution in [0.15, 0.2) is 78.9 Å². The van der Waals surface area contributed by atoms with Gasteiger partial charge in [0, 0.05) is 42.3 Å². The van der Waals surface area contributed by atoms with Crippen molar-refractivity contribution in [3.05, 3.63) is 101 Å². The zero-order valence-corrected chi connectivity index (χ0v) is 22.5. The fourth-order valence-electron chi connectivity index (χ4n) is 8.21. The quantitative estimate of drug-likeness (QED) is 0.453. The van der Waals surface area contributed by atoms with Crippen LogP contribution in [0.1, 0.15) is 41.5 Å². The van der Waals surface area contributed by atoms with Crippen molar-refractivity contribution < 1.29 is 14.6 Å². The summed E-state index contributed by atoms with van der Waals surface area (Å²) in [6.07, 6.45) is 8.37. The lowest BCUT2D eigenvalue weighted by Gasteiger charge is -2.60. The summed E-state index contributed by atoms with van der Waals surface area (Å²) in [5.41, 5.74) is 4.54. The van der Waals surface area contributed by atoms with E-state index in [0.717, 1.165) is 62.1 Å². The molecule has 3 aromatic carbocycles. The molecule has 2 aliphatic heterocycles. The normalized spacial score (nSPS) is 28.6. The van der Waals surface area contributed by atoms with Crippen molar-refractivity contribution >= 4 is 12.0 Å². The smallest absolute Gasteiger partial charge is 0.246 e. The third-order valence-corrected chi connectivity index (χ3v) is 10.0. The van der Waals surface area contributed by atoms with E-state index in [1.165, 1.54) is 11.1 Å². The minimum absolute atomic E-state index is 0.00816. The van der Waals surface area contributed by atoms with E-state index < -0.39 is 0 Å². The van der Waals surface area contributed by atoms with E-state index in [4.69, 9.17) is 4.74 Å². The van der Waals surface area contributed by atoms with E-state index in [9.17, 15) is 9.90 Å². The molecule has 4 aliphatic rings. The van der Waals surface area contributed by atoms with Gasteiger partial charge in [-0.3, -0.25) is 9.69 Å². The van der Waals surface area contributed by atoms with Gasteiger partial charge in [-0.2, -0.15) is 0 Å². The topological polar surface area (TPSA) is 53.0 Å². The standard InChI is InChI=1S/C34H36N2O3/c1-35(31(38)17-12-23-8-4-2-5-9-23)27-14-13-26-28-22-25-29(37)15-16-30-32(25)34(26,33(27)39-30)19-21-36(28)20-18-24-10-6-3-7-11-24/h2-12,15-17,26-28,33,37H,13-14,18-22H2,1H3/t26-,27+,28+,33-,34-/m0/s1. The van der Waals surface area contributed by atoms with Crippen LogP contribution in [-0.2, 0) is 23.1 Å². The van der Waals surface area contributed by atoms with Crippen LogP contribution in [0.25, 0.3) is 6.08 Å². The third-order valence-electron chi connectivity index (χ3n) is 10.0. The molecule has 3 aromatic rings. The SMILES string of the molecule is CN(C(=O)C=Cc1ccccc1)[C@@H]1CC[C@H]2[C@H]3Cc4c(O)ccc5c4[C@@]2(CCN3CCc2ccccc2)[C@H]1O5. The summed E-state index contributed by atoms with van der Waals surface area (Å²) in [6.45, 7) is 2.04. The molecule has 5 nitrogen and oxygen atoms in total. The van der Waals surface area contributed by atoms with Crippen LogP contribution < -0.4 is 4.74 Å². The Kier molecular flexibility index (Phi) is 6.00. The number of likely N-dealkylation sites (tertiary alicyclic amines) is 1. The van der Waals surface area contributed by atoms with Crippen LogP contribution in [0.3, 0.4) is 0 Å². The number of benzene rings is 3. The molecule has 2 heterocycles. The van der Waals surface area contributed by atoms with Crippen molar-refractivity contribution in [2.45, 2.75) is 55.7 Å². The first-order valence-electron chi connectivity index (χ1n) is 14.4. The summed E-state index contributed by atoms with van der Waals surface area (Å²) in [4.78, 5) is 18.0. The number of phenolic OH excluding ortho intramolecular Hbond substituents is 1. The predicted molar refractivity (Wildman–Crippen MR) is 153 cm³/mol. The van der Waals surface area contributed by atoms with Gasteiger partial charge in [-0.25, -0.2) is 0 Å². The molecule has 2 bridgehead atoms. The zero-order chi connectivity index (χ0) is 26.6. The fraction of sp³-hybridized carbons (Fsp3) is 0.382. The van der Waals surface area contributed by atoms with Gasteiger partial charge in [-0.15, -0.1) is 0 Å². The van der Waals surface area contributed by atoms with Gasteiger partial charge >= 0.3 is 0 Å². The summed E-state index contributed by atoms with van der Waals surface area (Å²) in [5, 5.41) is 11.0. The van der Waals surface area contributed by atoms with Crippen molar-refractivity contribution in [3.63, 3.8) is 0 Å². The molecule has 0 unspecified atom stereocenters. The largest absolute Gasteiger partial charge is 0.508 e. The number of amides is 1. The van der Waals surface area contributed by atoms with Crippen molar-refractivity contribution in [3.8, 4) is 11.5 Å². The van der Waals surface area contributed by atoms with Crippen LogP contribution in [-0.4, -0.2) is 59.1 Å². The number of carbonyl (C=O) groups excluding carboxylic acids is 1. The second-order valence-electron chi connectivity index (χ2n) is 11.8. The molecule has 5 heteroatoms. The van der Waals surface area contributed by atoms with Crippen molar-refractivity contribution in [2.24, 2.45) is 5.92 Å². The number of aromatic hydroxyl groups is 1. The average Bonchev–Trinajstić information content (AvgIpc) is 3.31. The Bertz CT molecular complexity index is 1400. The van der Waals surface area contributed by atoms with E-state index in [1.807, 2.05) is 54.4 Å². The number of phenols is 1. The average molecular weight is 521 g/mol. The molecule has 1 N–H and O–H groups in total. The summed E-state index contributed by atoms with van der Waals surface area (Å²) < 4.78 is 6.80. The predicted octanol–water partition coefficient (Wildman–Crippen LogP) is 5.21. The molecule has 1 spiro atoms. The first-order chi connectivity index (χ1) is 19.1. The number of nitrogens with zero attached hydrogens (tertiary/aromatic N) is 2. The summed E-state index contributed by atoms with van der Waals surface area (Å²) in [6, 6.07) is 24.8. The van der Waals surface area contributed by atoms with Crippen molar-refractivity contribution in [1.82, 2.24) is 9.80 Å². The Balaban J connectivity index is 1.19. The summed E-state index contributed by atoms with van der Waals surface area (Å²) in [5.74, 6) is 1.78.